The number of hydrogen-bond donors (Lipinski definition) is 7. The van der Waals surface area contributed by atoms with Crippen molar-refractivity contribution < 1.29 is 43.6 Å². The van der Waals surface area contributed by atoms with Crippen LogP contribution in [-0.4, -0.2) is 87.5 Å². The van der Waals surface area contributed by atoms with Gasteiger partial charge < -0.3 is 44.9 Å². The maximum atomic E-state index is 12.2. The average molecular weight is 500 g/mol. The van der Waals surface area contributed by atoms with E-state index in [2.05, 4.69) is 10.6 Å². The minimum Gasteiger partial charge on any atom is -0.451 e. The first-order valence-electron chi connectivity index (χ1n) is 10.8. The van der Waals surface area contributed by atoms with E-state index in [1.54, 1.807) is 24.3 Å². The maximum absolute atomic E-state index is 12.2. The van der Waals surface area contributed by atoms with Crippen molar-refractivity contribution in [2.45, 2.75) is 43.2 Å². The molecule has 1 fully saturated rings. The van der Waals surface area contributed by atoms with E-state index in [1.807, 2.05) is 0 Å². The highest BCUT2D eigenvalue weighted by Gasteiger charge is 2.41. The van der Waals surface area contributed by atoms with Gasteiger partial charge in [0.2, 0.25) is 0 Å². The van der Waals surface area contributed by atoms with Crippen molar-refractivity contribution in [3.8, 4) is 0 Å². The normalized spacial score (nSPS) is 25.2. The lowest BCUT2D eigenvalue weighted by Crippen LogP contribution is -2.38. The third-order valence-corrected chi connectivity index (χ3v) is 6.99. The topological polar surface area (TPSA) is 199 Å². The molecule has 7 N–H and O–H groups in total. The van der Waals surface area contributed by atoms with Crippen LogP contribution in [0, 0.1) is 0 Å². The number of amides is 1. The lowest BCUT2D eigenvalue weighted by atomic mass is 10.0. The van der Waals surface area contributed by atoms with Crippen LogP contribution in [0.15, 0.2) is 39.5 Å². The van der Waals surface area contributed by atoms with E-state index < -0.39 is 56.7 Å². The fourth-order valence-electron chi connectivity index (χ4n) is 3.79. The van der Waals surface area contributed by atoms with E-state index >= 15 is 0 Å². The van der Waals surface area contributed by atoms with Crippen molar-refractivity contribution in [3.05, 3.63) is 46.3 Å². The minimum atomic E-state index is -4.16. The van der Waals surface area contributed by atoms with Gasteiger partial charge in [0.25, 0.3) is 5.91 Å². The fourth-order valence-corrected chi connectivity index (χ4v) is 4.99. The molecule has 34 heavy (non-hydrogen) atoms. The monoisotopic (exact) mass is 500 g/mol. The third-order valence-electron chi connectivity index (χ3n) is 5.52. The molecular weight excluding hydrogens is 471 g/mol. The summed E-state index contributed by atoms with van der Waals surface area (Å²) in [6.07, 6.45) is -4.29. The van der Waals surface area contributed by atoms with Crippen LogP contribution in [0.2, 0.25) is 0 Å². The second-order valence-electron chi connectivity index (χ2n) is 8.17. The molecule has 0 spiro atoms. The van der Waals surface area contributed by atoms with E-state index in [-0.39, 0.29) is 42.8 Å². The number of benzene rings is 1. The van der Waals surface area contributed by atoms with Crippen molar-refractivity contribution in [2.24, 2.45) is 0 Å². The van der Waals surface area contributed by atoms with Gasteiger partial charge in [0.1, 0.15) is 5.58 Å². The zero-order valence-electron chi connectivity index (χ0n) is 18.2. The zero-order valence-corrected chi connectivity index (χ0v) is 19.1. The lowest BCUT2D eigenvalue weighted by molar-refractivity contribution is 0.0139. The summed E-state index contributed by atoms with van der Waals surface area (Å²) in [5.74, 6) is -0.770. The molecule has 1 aliphatic heterocycles. The SMILES string of the molecule is O=C(NCCCOP(=O)(O)C[C@H](O)C[C@H]1N[C@H](CO)[C@@H](O)[C@@H]1O)c1cc(=O)c2ccccc2o1. The highest BCUT2D eigenvalue weighted by molar-refractivity contribution is 7.52. The van der Waals surface area contributed by atoms with Crippen LogP contribution in [0.3, 0.4) is 0 Å². The predicted octanol–water partition coefficient (Wildman–Crippen LogP) is -1.08. The van der Waals surface area contributed by atoms with Gasteiger partial charge in [-0.25, -0.2) is 0 Å². The van der Waals surface area contributed by atoms with E-state index in [4.69, 9.17) is 14.0 Å². The Labute approximate surface area is 194 Å². The summed E-state index contributed by atoms with van der Waals surface area (Å²) in [6.45, 7) is -0.509. The highest BCUT2D eigenvalue weighted by atomic mass is 31.2. The molecule has 13 heteroatoms. The molecule has 0 radical (unpaired) electrons. The zero-order chi connectivity index (χ0) is 24.9. The molecule has 2 heterocycles. The van der Waals surface area contributed by atoms with E-state index in [9.17, 15) is 34.4 Å². The smallest absolute Gasteiger partial charge is 0.330 e. The summed E-state index contributed by atoms with van der Waals surface area (Å²) >= 11 is 0. The van der Waals surface area contributed by atoms with Crippen molar-refractivity contribution in [1.82, 2.24) is 10.6 Å². The Kier molecular flexibility index (Phi) is 8.96. The molecule has 0 aliphatic carbocycles. The van der Waals surface area contributed by atoms with E-state index in [0.29, 0.717) is 5.39 Å². The molecule has 188 valence electrons. The highest BCUT2D eigenvalue weighted by Crippen LogP contribution is 2.43. The summed E-state index contributed by atoms with van der Waals surface area (Å²) < 4.78 is 22.6. The predicted molar refractivity (Wildman–Crippen MR) is 121 cm³/mol. The molecule has 2 aromatic rings. The maximum Gasteiger partial charge on any atom is 0.330 e. The number of aliphatic hydroxyl groups excluding tert-OH is 4. The van der Waals surface area contributed by atoms with Gasteiger partial charge in [-0.05, 0) is 25.0 Å². The van der Waals surface area contributed by atoms with Crippen LogP contribution in [-0.2, 0) is 9.09 Å². The van der Waals surface area contributed by atoms with Crippen molar-refractivity contribution in [2.75, 3.05) is 25.9 Å². The Hall–Kier alpha value is -2.15. The van der Waals surface area contributed by atoms with Crippen LogP contribution in [0.1, 0.15) is 23.4 Å². The number of carbonyl (C=O) groups is 1. The average Bonchev–Trinajstić information content (AvgIpc) is 3.05. The molecule has 1 saturated heterocycles. The Balaban J connectivity index is 1.40. The summed E-state index contributed by atoms with van der Waals surface area (Å²) in [5.41, 5.74) is -0.0678. The van der Waals surface area contributed by atoms with Gasteiger partial charge >= 0.3 is 7.60 Å². The van der Waals surface area contributed by atoms with Crippen LogP contribution in [0.4, 0.5) is 0 Å². The van der Waals surface area contributed by atoms with Gasteiger partial charge in [-0.15, -0.1) is 0 Å². The molecule has 0 saturated carbocycles. The van der Waals surface area contributed by atoms with Gasteiger partial charge in [-0.2, -0.15) is 0 Å². The molecule has 1 aliphatic rings. The van der Waals surface area contributed by atoms with Crippen LogP contribution < -0.4 is 16.1 Å². The molecule has 0 bridgehead atoms. The quantitative estimate of drug-likeness (QED) is 0.146. The molecule has 1 amide bonds. The minimum absolute atomic E-state index is 0.0799. The van der Waals surface area contributed by atoms with E-state index in [0.717, 1.165) is 6.07 Å². The van der Waals surface area contributed by atoms with Crippen molar-refractivity contribution >= 4 is 24.5 Å². The van der Waals surface area contributed by atoms with Crippen LogP contribution >= 0.6 is 7.60 Å². The first-order valence-corrected chi connectivity index (χ1v) is 12.6. The fraction of sp³-hybridized carbons (Fsp3) is 0.524. The summed E-state index contributed by atoms with van der Waals surface area (Å²) in [6, 6.07) is 6.11. The molecular formula is C21H29N2O10P. The van der Waals surface area contributed by atoms with Crippen molar-refractivity contribution in [3.63, 3.8) is 0 Å². The van der Waals surface area contributed by atoms with Crippen LogP contribution in [0.25, 0.3) is 11.0 Å². The van der Waals surface area contributed by atoms with E-state index in [1.165, 1.54) is 0 Å². The second kappa shape index (κ2) is 11.5. The first-order chi connectivity index (χ1) is 16.1. The third kappa shape index (κ3) is 6.71. The summed E-state index contributed by atoms with van der Waals surface area (Å²) in [7, 11) is -4.16. The lowest BCUT2D eigenvalue weighted by Gasteiger charge is -2.21. The van der Waals surface area contributed by atoms with Gasteiger partial charge in [0.05, 0.1) is 49.1 Å². The molecule has 12 nitrogen and oxygen atoms in total. The Morgan fingerprint density at radius 2 is 1.94 bits per heavy atom. The van der Waals surface area contributed by atoms with Crippen molar-refractivity contribution in [1.29, 1.82) is 0 Å². The molecule has 6 atom stereocenters. The molecule has 3 rings (SSSR count). The molecule has 1 aromatic carbocycles. The van der Waals surface area contributed by atoms with Gasteiger partial charge in [-0.3, -0.25) is 14.2 Å². The molecule has 1 aromatic heterocycles. The number of hydrogen-bond acceptors (Lipinski definition) is 10. The number of carbonyl (C=O) groups excluding carboxylic acids is 1. The number of rotatable bonds is 11. The summed E-state index contributed by atoms with van der Waals surface area (Å²) in [4.78, 5) is 34.3. The number of para-hydroxylation sites is 1. The standard InChI is InChI=1S/C21H29N2O10P/c24-10-15-20(28)19(27)14(23-15)8-12(25)11-34(30,31)32-7-3-6-22-21(29)18-9-16(26)13-4-1-2-5-17(13)33-18/h1-2,4-5,9,12,14-15,19-20,23-25,27-28H,3,6-8,10-11H2,(H,22,29)(H,30,31)/t12-,14-,15-,19-,20-/m1/s1. The van der Waals surface area contributed by atoms with Gasteiger partial charge in [0.15, 0.2) is 11.2 Å². The number of nitrogens with one attached hydrogen (secondary N) is 2. The Morgan fingerprint density at radius 3 is 2.65 bits per heavy atom. The van der Waals surface area contributed by atoms with Gasteiger partial charge in [-0.1, -0.05) is 12.1 Å². The Morgan fingerprint density at radius 1 is 1.24 bits per heavy atom. The van der Waals surface area contributed by atoms with Crippen LogP contribution in [0.5, 0.6) is 0 Å². The molecule has 1 unspecified atom stereocenters. The largest absolute Gasteiger partial charge is 0.451 e. The first kappa shape index (κ1) is 26.5. The number of fused-ring (bicyclic) bond motifs is 1. The Bertz CT molecular complexity index is 1090. The number of aliphatic hydroxyl groups is 4. The summed E-state index contributed by atoms with van der Waals surface area (Å²) in [5, 5.41) is 44.6. The van der Waals surface area contributed by atoms with Gasteiger partial charge in [0, 0.05) is 18.7 Å². The second-order valence-corrected chi connectivity index (χ2v) is 10.1.